The summed E-state index contributed by atoms with van der Waals surface area (Å²) in [6.07, 6.45) is 5.27. The molecular formula is C24H23FN6O2. The maximum absolute atomic E-state index is 13.8. The van der Waals surface area contributed by atoms with Crippen molar-refractivity contribution in [2.24, 2.45) is 0 Å². The van der Waals surface area contributed by atoms with E-state index in [1.807, 2.05) is 18.2 Å². The van der Waals surface area contributed by atoms with Crippen LogP contribution in [0.5, 0.6) is 0 Å². The van der Waals surface area contributed by atoms with E-state index < -0.39 is 0 Å². The lowest BCUT2D eigenvalue weighted by atomic mass is 10.0. The van der Waals surface area contributed by atoms with Crippen molar-refractivity contribution < 1.29 is 14.3 Å². The van der Waals surface area contributed by atoms with Crippen LogP contribution in [0.4, 0.5) is 10.2 Å². The molecule has 3 aromatic heterocycles. The number of nitrogens with zero attached hydrogens (tertiary/aromatic N) is 5. The highest BCUT2D eigenvalue weighted by Crippen LogP contribution is 2.35. The molecule has 0 radical (unpaired) electrons. The highest BCUT2D eigenvalue weighted by molar-refractivity contribution is 5.92. The Morgan fingerprint density at radius 3 is 2.85 bits per heavy atom. The SMILES string of the molecule is O=C(NCCO)c1ccc(-c2cnc3ccc(N4CCCC4c4cccc(F)c4)nn23)cn1. The first-order chi connectivity index (χ1) is 16.1. The van der Waals surface area contributed by atoms with Gasteiger partial charge in [-0.15, -0.1) is 5.10 Å². The number of aliphatic hydroxyl groups excluding tert-OH is 1. The lowest BCUT2D eigenvalue weighted by Crippen LogP contribution is -2.27. The number of rotatable bonds is 6. The predicted octanol–water partition coefficient (Wildman–Crippen LogP) is 2.99. The summed E-state index contributed by atoms with van der Waals surface area (Å²) in [4.78, 5) is 22.9. The standard InChI is InChI=1S/C24H23FN6O2/c25-18-4-1-3-16(13-18)20-5-2-11-30(20)23-9-8-22-28-15-21(31(22)29-23)17-6-7-19(27-14-17)24(33)26-10-12-32/h1,3-4,6-9,13-15,20,32H,2,5,10-12H2,(H,26,33). The van der Waals surface area contributed by atoms with Gasteiger partial charge < -0.3 is 15.3 Å². The molecule has 1 aliphatic heterocycles. The van der Waals surface area contributed by atoms with Crippen LogP contribution in [-0.4, -0.2) is 50.3 Å². The summed E-state index contributed by atoms with van der Waals surface area (Å²) in [7, 11) is 0. The molecule has 1 amide bonds. The number of benzene rings is 1. The zero-order valence-electron chi connectivity index (χ0n) is 17.9. The topological polar surface area (TPSA) is 95.6 Å². The molecule has 0 aliphatic carbocycles. The quantitative estimate of drug-likeness (QED) is 0.473. The van der Waals surface area contributed by atoms with Crippen LogP contribution < -0.4 is 10.2 Å². The number of hydrogen-bond acceptors (Lipinski definition) is 6. The van der Waals surface area contributed by atoms with Crippen molar-refractivity contribution in [2.45, 2.75) is 18.9 Å². The monoisotopic (exact) mass is 446 g/mol. The first-order valence-corrected chi connectivity index (χ1v) is 10.9. The number of halogens is 1. The van der Waals surface area contributed by atoms with Crippen LogP contribution in [0.15, 0.2) is 60.9 Å². The van der Waals surface area contributed by atoms with Crippen LogP contribution in [-0.2, 0) is 0 Å². The fraction of sp³-hybridized carbons (Fsp3) is 0.250. The molecule has 1 atom stereocenters. The molecule has 8 nitrogen and oxygen atoms in total. The van der Waals surface area contributed by atoms with Crippen LogP contribution >= 0.6 is 0 Å². The molecule has 1 unspecified atom stereocenters. The number of imidazole rings is 1. The first-order valence-electron chi connectivity index (χ1n) is 10.9. The molecule has 1 fully saturated rings. The largest absolute Gasteiger partial charge is 0.395 e. The van der Waals surface area contributed by atoms with Crippen LogP contribution in [0.2, 0.25) is 0 Å². The second-order valence-electron chi connectivity index (χ2n) is 7.92. The van der Waals surface area contributed by atoms with Gasteiger partial charge >= 0.3 is 0 Å². The summed E-state index contributed by atoms with van der Waals surface area (Å²) in [6.45, 7) is 0.884. The first kappa shape index (κ1) is 21.0. The number of hydrogen-bond donors (Lipinski definition) is 2. The Morgan fingerprint density at radius 1 is 1.15 bits per heavy atom. The zero-order valence-corrected chi connectivity index (χ0v) is 17.9. The normalized spacial score (nSPS) is 15.8. The number of nitrogens with one attached hydrogen (secondary N) is 1. The highest BCUT2D eigenvalue weighted by atomic mass is 19.1. The number of carbonyl (C=O) groups is 1. The van der Waals surface area contributed by atoms with Gasteiger partial charge in [-0.3, -0.25) is 9.78 Å². The number of fused-ring (bicyclic) bond motifs is 1. The van der Waals surface area contributed by atoms with Crippen LogP contribution in [0, 0.1) is 5.82 Å². The summed E-state index contributed by atoms with van der Waals surface area (Å²) in [6, 6.07) is 14.1. The average molecular weight is 446 g/mol. The van der Waals surface area contributed by atoms with E-state index >= 15 is 0 Å². The van der Waals surface area contributed by atoms with Gasteiger partial charge in [0.1, 0.15) is 17.3 Å². The Bertz CT molecular complexity index is 1290. The van der Waals surface area contributed by atoms with Crippen LogP contribution in [0.1, 0.15) is 34.9 Å². The van der Waals surface area contributed by atoms with Gasteiger partial charge in [0.2, 0.25) is 0 Å². The minimum atomic E-state index is -0.341. The van der Waals surface area contributed by atoms with E-state index in [9.17, 15) is 9.18 Å². The van der Waals surface area contributed by atoms with Crippen molar-refractivity contribution >= 4 is 17.4 Å². The zero-order chi connectivity index (χ0) is 22.8. The number of aromatic nitrogens is 4. The van der Waals surface area contributed by atoms with Crippen molar-refractivity contribution in [3.63, 3.8) is 0 Å². The summed E-state index contributed by atoms with van der Waals surface area (Å²) >= 11 is 0. The lowest BCUT2D eigenvalue weighted by molar-refractivity contribution is 0.0940. The Balaban J connectivity index is 1.45. The van der Waals surface area contributed by atoms with Gasteiger partial charge in [-0.1, -0.05) is 12.1 Å². The van der Waals surface area contributed by atoms with Crippen LogP contribution in [0.25, 0.3) is 16.9 Å². The van der Waals surface area contributed by atoms with Crippen LogP contribution in [0.3, 0.4) is 0 Å². The summed E-state index contributed by atoms with van der Waals surface area (Å²) in [5.41, 5.74) is 3.43. The van der Waals surface area contributed by atoms with Gasteiger partial charge in [0.25, 0.3) is 5.91 Å². The second-order valence-corrected chi connectivity index (χ2v) is 7.92. The molecule has 33 heavy (non-hydrogen) atoms. The molecule has 0 bridgehead atoms. The Hall–Kier alpha value is -3.85. The second kappa shape index (κ2) is 8.95. The Morgan fingerprint density at radius 2 is 2.06 bits per heavy atom. The molecule has 0 spiro atoms. The number of pyridine rings is 1. The van der Waals surface area contributed by atoms with Gasteiger partial charge in [0.15, 0.2) is 5.65 Å². The molecule has 2 N–H and O–H groups in total. The fourth-order valence-corrected chi connectivity index (χ4v) is 4.25. The maximum atomic E-state index is 13.8. The van der Waals surface area contributed by atoms with Gasteiger partial charge in [0.05, 0.1) is 24.5 Å². The molecule has 4 aromatic rings. The van der Waals surface area contributed by atoms with Crippen molar-refractivity contribution in [3.05, 3.63) is 78.0 Å². The smallest absolute Gasteiger partial charge is 0.269 e. The van der Waals surface area contributed by atoms with E-state index in [0.717, 1.165) is 42.0 Å². The van der Waals surface area contributed by atoms with E-state index in [1.165, 1.54) is 6.07 Å². The van der Waals surface area contributed by atoms with Gasteiger partial charge in [-0.2, -0.15) is 0 Å². The van der Waals surface area contributed by atoms with E-state index in [0.29, 0.717) is 5.65 Å². The minimum absolute atomic E-state index is 0.0657. The number of aliphatic hydroxyl groups is 1. The van der Waals surface area contributed by atoms with E-state index in [4.69, 9.17) is 10.2 Å². The van der Waals surface area contributed by atoms with Crippen molar-refractivity contribution in [2.75, 3.05) is 24.6 Å². The molecule has 1 aliphatic rings. The average Bonchev–Trinajstić information content (AvgIpc) is 3.49. The predicted molar refractivity (Wildman–Crippen MR) is 121 cm³/mol. The number of anilines is 1. The molecule has 168 valence electrons. The molecule has 5 rings (SSSR count). The van der Waals surface area contributed by atoms with Gasteiger partial charge in [-0.25, -0.2) is 13.9 Å². The molecule has 4 heterocycles. The van der Waals surface area contributed by atoms with Gasteiger partial charge in [-0.05, 0) is 54.8 Å². The summed E-state index contributed by atoms with van der Waals surface area (Å²) in [5, 5.41) is 16.3. The molecule has 1 aromatic carbocycles. The van der Waals surface area contributed by atoms with Crippen molar-refractivity contribution in [3.8, 4) is 11.3 Å². The summed E-state index contributed by atoms with van der Waals surface area (Å²) < 4.78 is 15.6. The van der Waals surface area contributed by atoms with E-state index in [-0.39, 0.29) is 36.6 Å². The number of amides is 1. The molecule has 9 heteroatoms. The van der Waals surface area contributed by atoms with Crippen molar-refractivity contribution in [1.82, 2.24) is 24.9 Å². The summed E-state index contributed by atoms with van der Waals surface area (Å²) in [5.74, 6) is 0.216. The molecular weight excluding hydrogens is 423 g/mol. The van der Waals surface area contributed by atoms with Gasteiger partial charge in [0, 0.05) is 24.8 Å². The Kier molecular flexibility index (Phi) is 5.70. The minimum Gasteiger partial charge on any atom is -0.395 e. The molecule has 1 saturated heterocycles. The Labute approximate surface area is 189 Å². The highest BCUT2D eigenvalue weighted by Gasteiger charge is 2.28. The maximum Gasteiger partial charge on any atom is 0.269 e. The lowest BCUT2D eigenvalue weighted by Gasteiger charge is -2.26. The fourth-order valence-electron chi connectivity index (χ4n) is 4.25. The third kappa shape index (κ3) is 4.14. The number of carbonyl (C=O) groups excluding carboxylic acids is 1. The van der Waals surface area contributed by atoms with Crippen molar-refractivity contribution in [1.29, 1.82) is 0 Å². The van der Waals surface area contributed by atoms with E-state index in [1.54, 1.807) is 41.2 Å². The third-order valence-corrected chi connectivity index (χ3v) is 5.82. The third-order valence-electron chi connectivity index (χ3n) is 5.82. The molecule has 0 saturated carbocycles. The van der Waals surface area contributed by atoms with E-state index in [2.05, 4.69) is 20.2 Å².